The summed E-state index contributed by atoms with van der Waals surface area (Å²) >= 11 is 0. The van der Waals surface area contributed by atoms with Crippen molar-refractivity contribution in [2.75, 3.05) is 13.2 Å². The van der Waals surface area contributed by atoms with Gasteiger partial charge >= 0.3 is 0 Å². The third-order valence-electron chi connectivity index (χ3n) is 2.97. The zero-order chi connectivity index (χ0) is 14.1. The lowest BCUT2D eigenvalue weighted by molar-refractivity contribution is -0.122. The molecule has 0 fully saturated rings. The number of rotatable bonds is 9. The Morgan fingerprint density at radius 2 is 1.72 bits per heavy atom. The highest BCUT2D eigenvalue weighted by atomic mass is 16.3. The Balaban J connectivity index is 4.05. The molecule has 0 aromatic carbocycles. The van der Waals surface area contributed by atoms with E-state index in [4.69, 9.17) is 10.8 Å². The molecule has 18 heavy (non-hydrogen) atoms. The van der Waals surface area contributed by atoms with E-state index in [1.165, 1.54) is 0 Å². The van der Waals surface area contributed by atoms with Crippen LogP contribution < -0.4 is 11.1 Å². The number of aliphatic hydroxyl groups excluding tert-OH is 1. The maximum atomic E-state index is 11.8. The molecular formula is C14H30N2O2. The SMILES string of the molecule is CC(C)CC(CCO)CNC(=O)[C@@H](N)CC(C)C. The van der Waals surface area contributed by atoms with Crippen molar-refractivity contribution in [2.45, 2.75) is 53.0 Å². The Hall–Kier alpha value is -0.610. The number of hydrogen-bond donors (Lipinski definition) is 3. The third kappa shape index (κ3) is 8.48. The summed E-state index contributed by atoms with van der Waals surface area (Å²) in [6, 6.07) is -0.418. The Labute approximate surface area is 111 Å². The van der Waals surface area contributed by atoms with Gasteiger partial charge in [0, 0.05) is 13.2 Å². The summed E-state index contributed by atoms with van der Waals surface area (Å²) in [4.78, 5) is 11.8. The molecule has 0 spiro atoms. The van der Waals surface area contributed by atoms with E-state index in [0.29, 0.717) is 30.7 Å². The van der Waals surface area contributed by atoms with Gasteiger partial charge in [0.15, 0.2) is 0 Å². The Kier molecular flexibility index (Phi) is 9.02. The summed E-state index contributed by atoms with van der Waals surface area (Å²) in [5.74, 6) is 1.26. The van der Waals surface area contributed by atoms with Crippen LogP contribution in [0.1, 0.15) is 47.0 Å². The van der Waals surface area contributed by atoms with Crippen molar-refractivity contribution in [3.8, 4) is 0 Å². The molecule has 0 saturated carbocycles. The molecule has 0 bridgehead atoms. The summed E-state index contributed by atoms with van der Waals surface area (Å²) in [5.41, 5.74) is 5.82. The van der Waals surface area contributed by atoms with Gasteiger partial charge in [0.05, 0.1) is 6.04 Å². The van der Waals surface area contributed by atoms with E-state index in [0.717, 1.165) is 12.8 Å². The van der Waals surface area contributed by atoms with Crippen LogP contribution >= 0.6 is 0 Å². The van der Waals surface area contributed by atoms with Gasteiger partial charge in [-0.25, -0.2) is 0 Å². The van der Waals surface area contributed by atoms with E-state index in [2.05, 4.69) is 33.0 Å². The molecule has 0 rings (SSSR count). The molecule has 0 saturated heterocycles. The number of nitrogens with two attached hydrogens (primary N) is 1. The molecule has 1 unspecified atom stereocenters. The summed E-state index contributed by atoms with van der Waals surface area (Å²) in [6.07, 6.45) is 2.46. The van der Waals surface area contributed by atoms with Crippen molar-refractivity contribution < 1.29 is 9.90 Å². The quantitative estimate of drug-likeness (QED) is 0.587. The molecule has 0 radical (unpaired) electrons. The number of amides is 1. The van der Waals surface area contributed by atoms with Gasteiger partial charge in [-0.1, -0.05) is 27.7 Å². The number of carbonyl (C=O) groups is 1. The largest absolute Gasteiger partial charge is 0.396 e. The van der Waals surface area contributed by atoms with E-state index in [9.17, 15) is 4.79 Å². The lowest BCUT2D eigenvalue weighted by Crippen LogP contribution is -2.43. The molecular weight excluding hydrogens is 228 g/mol. The molecule has 0 aromatic heterocycles. The zero-order valence-electron chi connectivity index (χ0n) is 12.3. The molecule has 2 atom stereocenters. The maximum Gasteiger partial charge on any atom is 0.236 e. The minimum absolute atomic E-state index is 0.0737. The number of carbonyl (C=O) groups excluding carboxylic acids is 1. The number of nitrogens with one attached hydrogen (secondary N) is 1. The third-order valence-corrected chi connectivity index (χ3v) is 2.97. The van der Waals surface area contributed by atoms with Gasteiger partial charge in [-0.15, -0.1) is 0 Å². The highest BCUT2D eigenvalue weighted by Gasteiger charge is 2.17. The van der Waals surface area contributed by atoms with Crippen molar-refractivity contribution in [2.24, 2.45) is 23.5 Å². The smallest absolute Gasteiger partial charge is 0.236 e. The van der Waals surface area contributed by atoms with E-state index in [1.807, 2.05) is 0 Å². The van der Waals surface area contributed by atoms with E-state index >= 15 is 0 Å². The van der Waals surface area contributed by atoms with Crippen LogP contribution in [0.3, 0.4) is 0 Å². The van der Waals surface area contributed by atoms with Crippen LogP contribution in [0.25, 0.3) is 0 Å². The number of hydrogen-bond acceptors (Lipinski definition) is 3. The van der Waals surface area contributed by atoms with Gasteiger partial charge in [-0.3, -0.25) is 4.79 Å². The predicted octanol–water partition coefficient (Wildman–Crippen LogP) is 1.52. The van der Waals surface area contributed by atoms with Crippen LogP contribution in [0.4, 0.5) is 0 Å². The lowest BCUT2D eigenvalue weighted by atomic mass is 9.94. The lowest BCUT2D eigenvalue weighted by Gasteiger charge is -2.20. The first kappa shape index (κ1) is 17.4. The van der Waals surface area contributed by atoms with Crippen LogP contribution in [0.5, 0.6) is 0 Å². The fourth-order valence-corrected chi connectivity index (χ4v) is 2.14. The maximum absolute atomic E-state index is 11.8. The van der Waals surface area contributed by atoms with Crippen molar-refractivity contribution >= 4 is 5.91 Å². The molecule has 1 amide bonds. The van der Waals surface area contributed by atoms with Gasteiger partial charge in [0.25, 0.3) is 0 Å². The molecule has 0 aromatic rings. The van der Waals surface area contributed by atoms with Crippen molar-refractivity contribution in [1.29, 1.82) is 0 Å². The molecule has 0 aliphatic heterocycles. The standard InChI is InChI=1S/C14H30N2O2/c1-10(2)7-12(5-6-17)9-16-14(18)13(15)8-11(3)4/h10-13,17H,5-9,15H2,1-4H3,(H,16,18)/t12?,13-/m0/s1. The average molecular weight is 258 g/mol. The van der Waals surface area contributed by atoms with Gasteiger partial charge in [-0.2, -0.15) is 0 Å². The van der Waals surface area contributed by atoms with Crippen LogP contribution in [0.15, 0.2) is 0 Å². The summed E-state index contributed by atoms with van der Waals surface area (Å²) in [5, 5.41) is 11.9. The second kappa shape index (κ2) is 9.34. The zero-order valence-corrected chi connectivity index (χ0v) is 12.3. The highest BCUT2D eigenvalue weighted by Crippen LogP contribution is 2.14. The van der Waals surface area contributed by atoms with Gasteiger partial charge in [0.1, 0.15) is 0 Å². The highest BCUT2D eigenvalue weighted by molar-refractivity contribution is 5.81. The fourth-order valence-electron chi connectivity index (χ4n) is 2.14. The second-order valence-corrected chi connectivity index (χ2v) is 5.99. The van der Waals surface area contributed by atoms with Crippen LogP contribution in [0, 0.1) is 17.8 Å². The Bertz CT molecular complexity index is 230. The molecule has 0 heterocycles. The molecule has 4 N–H and O–H groups in total. The van der Waals surface area contributed by atoms with Crippen LogP contribution in [0.2, 0.25) is 0 Å². The first-order valence-electron chi connectivity index (χ1n) is 7.00. The predicted molar refractivity (Wildman–Crippen MR) is 75.1 cm³/mol. The molecule has 0 aliphatic carbocycles. The Morgan fingerprint density at radius 1 is 1.17 bits per heavy atom. The summed E-state index contributed by atoms with van der Waals surface area (Å²) in [6.45, 7) is 9.20. The monoisotopic (exact) mass is 258 g/mol. The first-order chi connectivity index (χ1) is 8.36. The van der Waals surface area contributed by atoms with Gasteiger partial charge in [0.2, 0.25) is 5.91 Å². The second-order valence-electron chi connectivity index (χ2n) is 5.99. The first-order valence-corrected chi connectivity index (χ1v) is 7.00. The van der Waals surface area contributed by atoms with Crippen molar-refractivity contribution in [1.82, 2.24) is 5.32 Å². The Morgan fingerprint density at radius 3 is 2.17 bits per heavy atom. The van der Waals surface area contributed by atoms with E-state index < -0.39 is 6.04 Å². The molecule has 0 aliphatic rings. The molecule has 4 heteroatoms. The van der Waals surface area contributed by atoms with Crippen molar-refractivity contribution in [3.63, 3.8) is 0 Å². The molecule has 108 valence electrons. The van der Waals surface area contributed by atoms with Gasteiger partial charge < -0.3 is 16.2 Å². The summed E-state index contributed by atoms with van der Waals surface area (Å²) in [7, 11) is 0. The topological polar surface area (TPSA) is 75.3 Å². The molecule has 4 nitrogen and oxygen atoms in total. The normalized spacial score (nSPS) is 14.9. The van der Waals surface area contributed by atoms with E-state index in [1.54, 1.807) is 0 Å². The average Bonchev–Trinajstić information content (AvgIpc) is 2.24. The van der Waals surface area contributed by atoms with Crippen molar-refractivity contribution in [3.05, 3.63) is 0 Å². The van der Waals surface area contributed by atoms with E-state index in [-0.39, 0.29) is 12.5 Å². The fraction of sp³-hybridized carbons (Fsp3) is 0.929. The minimum atomic E-state index is -0.418. The van der Waals surface area contributed by atoms with Gasteiger partial charge in [-0.05, 0) is 37.0 Å². The summed E-state index contributed by atoms with van der Waals surface area (Å²) < 4.78 is 0. The number of aliphatic hydroxyl groups is 1. The van der Waals surface area contributed by atoms with Crippen LogP contribution in [-0.2, 0) is 4.79 Å². The van der Waals surface area contributed by atoms with Crippen LogP contribution in [-0.4, -0.2) is 30.2 Å². The minimum Gasteiger partial charge on any atom is -0.396 e.